The molecule has 1 heterocycles. The molecular weight excluding hydrogens is 229 g/mol. The topological polar surface area (TPSA) is 15.3 Å². The predicted octanol–water partition coefficient (Wildman–Crippen LogP) is 2.29. The first-order chi connectivity index (χ1) is 8.11. The highest BCUT2D eigenvalue weighted by atomic mass is 19.2. The van der Waals surface area contributed by atoms with Gasteiger partial charge in [0.15, 0.2) is 11.6 Å². The zero-order chi connectivity index (χ0) is 12.4. The van der Waals surface area contributed by atoms with Crippen molar-refractivity contribution in [1.29, 1.82) is 0 Å². The van der Waals surface area contributed by atoms with Crippen LogP contribution in [0.25, 0.3) is 0 Å². The fourth-order valence-corrected chi connectivity index (χ4v) is 2.16. The maximum absolute atomic E-state index is 13.5. The van der Waals surface area contributed by atoms with Crippen molar-refractivity contribution in [2.75, 3.05) is 25.0 Å². The molecule has 1 fully saturated rings. The first-order valence-corrected chi connectivity index (χ1v) is 5.68. The second-order valence-corrected chi connectivity index (χ2v) is 4.27. The highest BCUT2D eigenvalue weighted by Crippen LogP contribution is 2.25. The minimum Gasteiger partial charge on any atom is -0.369 e. The summed E-state index contributed by atoms with van der Waals surface area (Å²) in [6, 6.07) is 1.96. The fourth-order valence-electron chi connectivity index (χ4n) is 2.16. The van der Waals surface area contributed by atoms with Gasteiger partial charge in [-0.2, -0.15) is 0 Å². The van der Waals surface area contributed by atoms with Crippen LogP contribution in [0.3, 0.4) is 0 Å². The van der Waals surface area contributed by atoms with Gasteiger partial charge < -0.3 is 10.2 Å². The largest absolute Gasteiger partial charge is 0.369 e. The lowest BCUT2D eigenvalue weighted by atomic mass is 10.0. The van der Waals surface area contributed by atoms with Crippen LogP contribution in [0.4, 0.5) is 18.9 Å². The molecule has 1 N–H and O–H groups in total. The third-order valence-electron chi connectivity index (χ3n) is 3.23. The molecule has 2 nitrogen and oxygen atoms in total. The van der Waals surface area contributed by atoms with E-state index in [9.17, 15) is 13.2 Å². The van der Waals surface area contributed by atoms with E-state index in [0.717, 1.165) is 18.9 Å². The maximum atomic E-state index is 13.5. The Balaban J connectivity index is 2.16. The number of nitrogens with one attached hydrogen (secondary N) is 1. The smallest absolute Gasteiger partial charge is 0.161 e. The zero-order valence-corrected chi connectivity index (χ0v) is 9.64. The van der Waals surface area contributed by atoms with Crippen LogP contribution in [0.15, 0.2) is 12.1 Å². The molecule has 0 amide bonds. The highest BCUT2D eigenvalue weighted by Gasteiger charge is 2.21. The summed E-state index contributed by atoms with van der Waals surface area (Å²) in [5, 5.41) is 3.16. The van der Waals surface area contributed by atoms with Gasteiger partial charge in [-0.3, -0.25) is 0 Å². The number of benzene rings is 1. The van der Waals surface area contributed by atoms with E-state index in [2.05, 4.69) is 5.32 Å². The molecule has 0 atom stereocenters. The third-order valence-corrected chi connectivity index (χ3v) is 3.23. The van der Waals surface area contributed by atoms with E-state index in [-0.39, 0.29) is 5.69 Å². The van der Waals surface area contributed by atoms with Gasteiger partial charge >= 0.3 is 0 Å². The van der Waals surface area contributed by atoms with Crippen molar-refractivity contribution in [3.05, 3.63) is 29.6 Å². The van der Waals surface area contributed by atoms with Gasteiger partial charge in [-0.1, -0.05) is 0 Å². The van der Waals surface area contributed by atoms with Crippen molar-refractivity contribution < 1.29 is 13.2 Å². The van der Waals surface area contributed by atoms with Gasteiger partial charge in [-0.15, -0.1) is 0 Å². The van der Waals surface area contributed by atoms with E-state index < -0.39 is 17.5 Å². The van der Waals surface area contributed by atoms with Gasteiger partial charge in [0.1, 0.15) is 5.82 Å². The van der Waals surface area contributed by atoms with Crippen molar-refractivity contribution in [2.24, 2.45) is 0 Å². The van der Waals surface area contributed by atoms with Crippen LogP contribution in [0, 0.1) is 17.5 Å². The molecule has 1 aliphatic heterocycles. The first-order valence-electron chi connectivity index (χ1n) is 5.68. The molecule has 17 heavy (non-hydrogen) atoms. The lowest BCUT2D eigenvalue weighted by Crippen LogP contribution is -2.41. The minimum absolute atomic E-state index is 0.151. The Hall–Kier alpha value is -1.23. The van der Waals surface area contributed by atoms with Crippen LogP contribution < -0.4 is 10.2 Å². The summed E-state index contributed by atoms with van der Waals surface area (Å²) >= 11 is 0. The van der Waals surface area contributed by atoms with Crippen LogP contribution in [0.5, 0.6) is 0 Å². The Morgan fingerprint density at radius 3 is 2.24 bits per heavy atom. The van der Waals surface area contributed by atoms with Crippen molar-refractivity contribution in [2.45, 2.75) is 18.9 Å². The van der Waals surface area contributed by atoms with Gasteiger partial charge in [0.25, 0.3) is 0 Å². The molecule has 1 aliphatic rings. The van der Waals surface area contributed by atoms with E-state index in [4.69, 9.17) is 0 Å². The normalized spacial score (nSPS) is 17.5. The van der Waals surface area contributed by atoms with Crippen LogP contribution in [-0.4, -0.2) is 26.2 Å². The average molecular weight is 244 g/mol. The highest BCUT2D eigenvalue weighted by molar-refractivity contribution is 5.48. The Bertz CT molecular complexity index is 401. The molecule has 94 valence electrons. The summed E-state index contributed by atoms with van der Waals surface area (Å²) in [6.45, 7) is 1.29. The lowest BCUT2D eigenvalue weighted by molar-refractivity contribution is 0.436. The summed E-state index contributed by atoms with van der Waals surface area (Å²) < 4.78 is 39.4. The second-order valence-electron chi connectivity index (χ2n) is 4.27. The van der Waals surface area contributed by atoms with Gasteiger partial charge in [-0.25, -0.2) is 13.2 Å². The molecule has 0 aromatic heterocycles. The number of halogens is 3. The van der Waals surface area contributed by atoms with Crippen molar-refractivity contribution in [3.63, 3.8) is 0 Å². The SMILES string of the molecule is CNC1CCN(c2cc(F)c(F)cc2F)CC1. The summed E-state index contributed by atoms with van der Waals surface area (Å²) in [5.74, 6) is -2.85. The van der Waals surface area contributed by atoms with E-state index in [1.807, 2.05) is 7.05 Å². The van der Waals surface area contributed by atoms with E-state index in [1.165, 1.54) is 0 Å². The number of rotatable bonds is 2. The Kier molecular flexibility index (Phi) is 3.57. The average Bonchev–Trinajstić information content (AvgIpc) is 2.34. The third kappa shape index (κ3) is 2.54. The molecule has 0 radical (unpaired) electrons. The van der Waals surface area contributed by atoms with Gasteiger partial charge in [0.05, 0.1) is 5.69 Å². The first kappa shape index (κ1) is 12.2. The van der Waals surface area contributed by atoms with E-state index in [0.29, 0.717) is 25.2 Å². The van der Waals surface area contributed by atoms with Gasteiger partial charge in [0.2, 0.25) is 0 Å². The van der Waals surface area contributed by atoms with Crippen LogP contribution in [-0.2, 0) is 0 Å². The molecule has 5 heteroatoms. The predicted molar refractivity (Wildman–Crippen MR) is 60.6 cm³/mol. The van der Waals surface area contributed by atoms with Crippen molar-refractivity contribution >= 4 is 5.69 Å². The quantitative estimate of drug-likeness (QED) is 0.803. The summed E-state index contributed by atoms with van der Waals surface area (Å²) in [5.41, 5.74) is 0.151. The number of piperidine rings is 1. The van der Waals surface area contributed by atoms with E-state index in [1.54, 1.807) is 4.90 Å². The monoisotopic (exact) mass is 244 g/mol. The van der Waals surface area contributed by atoms with Gasteiger partial charge in [-0.05, 0) is 19.9 Å². The molecule has 0 spiro atoms. The standard InChI is InChI=1S/C12H15F3N2/c1-16-8-2-4-17(5-3-8)12-7-10(14)9(13)6-11(12)15/h6-8,16H,2-5H2,1H3. The van der Waals surface area contributed by atoms with Crippen molar-refractivity contribution in [3.8, 4) is 0 Å². The second kappa shape index (κ2) is 4.96. The minimum atomic E-state index is -1.14. The zero-order valence-electron chi connectivity index (χ0n) is 9.64. The summed E-state index contributed by atoms with van der Waals surface area (Å²) in [6.07, 6.45) is 1.74. The number of hydrogen-bond donors (Lipinski definition) is 1. The number of nitrogens with zero attached hydrogens (tertiary/aromatic N) is 1. The Labute approximate surface area is 98.4 Å². The molecule has 1 saturated heterocycles. The maximum Gasteiger partial charge on any atom is 0.161 e. The van der Waals surface area contributed by atoms with Crippen LogP contribution >= 0.6 is 0 Å². The van der Waals surface area contributed by atoms with Crippen molar-refractivity contribution in [1.82, 2.24) is 5.32 Å². The molecule has 2 rings (SSSR count). The summed E-state index contributed by atoms with van der Waals surface area (Å²) in [4.78, 5) is 1.76. The van der Waals surface area contributed by atoms with Gasteiger partial charge in [0, 0.05) is 31.3 Å². The fraction of sp³-hybridized carbons (Fsp3) is 0.500. The van der Waals surface area contributed by atoms with Crippen LogP contribution in [0.2, 0.25) is 0 Å². The Morgan fingerprint density at radius 1 is 1.06 bits per heavy atom. The molecule has 0 saturated carbocycles. The van der Waals surface area contributed by atoms with Crippen LogP contribution in [0.1, 0.15) is 12.8 Å². The molecule has 0 unspecified atom stereocenters. The van der Waals surface area contributed by atoms with E-state index >= 15 is 0 Å². The molecular formula is C12H15F3N2. The molecule has 1 aromatic rings. The molecule has 0 bridgehead atoms. The molecule has 0 aliphatic carbocycles. The summed E-state index contributed by atoms with van der Waals surface area (Å²) in [7, 11) is 1.89. The Morgan fingerprint density at radius 2 is 1.65 bits per heavy atom. The number of anilines is 1. The molecule has 1 aromatic carbocycles. The number of hydrogen-bond acceptors (Lipinski definition) is 2. The lowest BCUT2D eigenvalue weighted by Gasteiger charge is -2.33.